The Bertz CT molecular complexity index is 395. The first-order valence-electron chi connectivity index (χ1n) is 3.72. The number of hydrogen-bond acceptors (Lipinski definition) is 3. The molecule has 7 heteroatoms. The number of carboxylic acids is 1. The van der Waals surface area contributed by atoms with E-state index in [9.17, 15) is 18.0 Å². The average molecular weight is 221 g/mol. The molecule has 1 rings (SSSR count). The molecule has 15 heavy (non-hydrogen) atoms. The Morgan fingerprint density at radius 2 is 2.20 bits per heavy atom. The van der Waals surface area contributed by atoms with Crippen molar-refractivity contribution in [3.05, 3.63) is 23.3 Å². The van der Waals surface area contributed by atoms with E-state index in [4.69, 9.17) is 5.11 Å². The Morgan fingerprint density at radius 3 is 2.60 bits per heavy atom. The van der Waals surface area contributed by atoms with Crippen LogP contribution in [0.3, 0.4) is 0 Å². The van der Waals surface area contributed by atoms with Crippen LogP contribution in [0.1, 0.15) is 22.5 Å². The summed E-state index contributed by atoms with van der Waals surface area (Å²) in [6.07, 6.45) is -2.49. The average Bonchev–Trinajstić information content (AvgIpc) is 2.16. The van der Waals surface area contributed by atoms with Gasteiger partial charge in [-0.1, -0.05) is 0 Å². The van der Waals surface area contributed by atoms with Gasteiger partial charge in [-0.2, -0.15) is 0 Å². The van der Waals surface area contributed by atoms with Crippen molar-refractivity contribution in [2.24, 2.45) is 0 Å². The van der Waals surface area contributed by atoms with Gasteiger partial charge in [-0.25, -0.2) is 18.0 Å². The molecule has 0 amide bonds. The Labute approximate surface area is 82.3 Å². The highest BCUT2D eigenvalue weighted by Gasteiger charge is 2.24. The number of nitrogens with zero attached hydrogens (tertiary/aromatic N) is 1. The molecule has 1 aromatic rings. The number of methoxy groups -OCH3 is 1. The monoisotopic (exact) mass is 221 g/mol. The molecule has 0 saturated carbocycles. The van der Waals surface area contributed by atoms with Crippen molar-refractivity contribution >= 4 is 5.97 Å². The highest BCUT2D eigenvalue weighted by atomic mass is 19.3. The molecule has 1 heterocycles. The van der Waals surface area contributed by atoms with Gasteiger partial charge in [0.1, 0.15) is 11.3 Å². The van der Waals surface area contributed by atoms with Crippen molar-refractivity contribution in [1.82, 2.24) is 4.98 Å². The van der Waals surface area contributed by atoms with Gasteiger partial charge in [0.25, 0.3) is 6.43 Å². The molecule has 0 atom stereocenters. The van der Waals surface area contributed by atoms with Crippen LogP contribution in [0.4, 0.5) is 13.2 Å². The number of alkyl halides is 2. The van der Waals surface area contributed by atoms with E-state index in [1.54, 1.807) is 0 Å². The zero-order valence-corrected chi connectivity index (χ0v) is 7.50. The Hall–Kier alpha value is -1.79. The molecule has 1 N–H and O–H groups in total. The standard InChI is InChI=1S/C8H6F3NO3/c1-15-6-3(8(13)14)2-12-5(4(6)9)7(10)11/h2,7H,1H3,(H,13,14). The fraction of sp³-hybridized carbons (Fsp3) is 0.250. The van der Waals surface area contributed by atoms with Crippen LogP contribution in [0.25, 0.3) is 0 Å². The molecule has 4 nitrogen and oxygen atoms in total. The summed E-state index contributed by atoms with van der Waals surface area (Å²) in [5.41, 5.74) is -1.73. The zero-order chi connectivity index (χ0) is 11.6. The van der Waals surface area contributed by atoms with Gasteiger partial charge >= 0.3 is 5.97 Å². The van der Waals surface area contributed by atoms with E-state index in [1.165, 1.54) is 0 Å². The van der Waals surface area contributed by atoms with Gasteiger partial charge in [0, 0.05) is 6.20 Å². The molecule has 0 aromatic carbocycles. The van der Waals surface area contributed by atoms with E-state index in [0.717, 1.165) is 7.11 Å². The summed E-state index contributed by atoms with van der Waals surface area (Å²) in [6, 6.07) is 0. The van der Waals surface area contributed by atoms with E-state index in [1.807, 2.05) is 0 Å². The van der Waals surface area contributed by atoms with E-state index < -0.39 is 35.2 Å². The number of pyridine rings is 1. The largest absolute Gasteiger partial charge is 0.493 e. The molecule has 0 bridgehead atoms. The van der Waals surface area contributed by atoms with Crippen molar-refractivity contribution < 1.29 is 27.8 Å². The number of aromatic nitrogens is 1. The fourth-order valence-electron chi connectivity index (χ4n) is 0.988. The molecule has 0 unspecified atom stereocenters. The lowest BCUT2D eigenvalue weighted by Gasteiger charge is -2.08. The number of halogens is 3. The van der Waals surface area contributed by atoms with Crippen LogP contribution in [-0.2, 0) is 0 Å². The van der Waals surface area contributed by atoms with Gasteiger partial charge in [-0.05, 0) is 0 Å². The molecule has 0 fully saturated rings. The first-order chi connectivity index (χ1) is 6.99. The second-order valence-corrected chi connectivity index (χ2v) is 2.51. The van der Waals surface area contributed by atoms with Gasteiger partial charge in [0.05, 0.1) is 7.11 Å². The maximum atomic E-state index is 13.2. The van der Waals surface area contributed by atoms with Crippen molar-refractivity contribution in [2.45, 2.75) is 6.43 Å². The third-order valence-corrected chi connectivity index (χ3v) is 1.64. The number of ether oxygens (including phenoxy) is 1. The molecule has 0 aliphatic carbocycles. The molecule has 0 saturated heterocycles. The van der Waals surface area contributed by atoms with Gasteiger partial charge in [0.2, 0.25) is 0 Å². The van der Waals surface area contributed by atoms with E-state index in [0.29, 0.717) is 6.20 Å². The van der Waals surface area contributed by atoms with Crippen LogP contribution in [0, 0.1) is 5.82 Å². The number of carboxylic acid groups (broad SMARTS) is 1. The summed E-state index contributed by atoms with van der Waals surface area (Å²) >= 11 is 0. The molecular formula is C8H6F3NO3. The quantitative estimate of drug-likeness (QED) is 0.846. The van der Waals surface area contributed by atoms with Crippen molar-refractivity contribution in [1.29, 1.82) is 0 Å². The third kappa shape index (κ3) is 2.00. The van der Waals surface area contributed by atoms with Gasteiger partial charge in [-0.15, -0.1) is 0 Å². The maximum Gasteiger partial charge on any atom is 0.341 e. The van der Waals surface area contributed by atoms with Crippen LogP contribution in [0.5, 0.6) is 5.75 Å². The second-order valence-electron chi connectivity index (χ2n) is 2.51. The highest BCUT2D eigenvalue weighted by Crippen LogP contribution is 2.29. The van der Waals surface area contributed by atoms with Crippen LogP contribution < -0.4 is 4.74 Å². The van der Waals surface area contributed by atoms with Crippen LogP contribution in [0.2, 0.25) is 0 Å². The SMILES string of the molecule is COc1c(C(=O)O)cnc(C(F)F)c1F. The van der Waals surface area contributed by atoms with Crippen LogP contribution in [-0.4, -0.2) is 23.2 Å². The number of aromatic carboxylic acids is 1. The Balaban J connectivity index is 3.39. The Kier molecular flexibility index (Phi) is 3.13. The predicted molar refractivity (Wildman–Crippen MR) is 42.7 cm³/mol. The summed E-state index contributed by atoms with van der Waals surface area (Å²) in [5.74, 6) is -3.70. The summed E-state index contributed by atoms with van der Waals surface area (Å²) in [6.45, 7) is 0. The minimum atomic E-state index is -3.12. The second kappa shape index (κ2) is 4.16. The number of rotatable bonds is 3. The molecule has 0 spiro atoms. The van der Waals surface area contributed by atoms with Crippen LogP contribution in [0.15, 0.2) is 6.20 Å². The molecule has 82 valence electrons. The molecule has 0 radical (unpaired) electrons. The Morgan fingerprint density at radius 1 is 1.60 bits per heavy atom. The summed E-state index contributed by atoms with van der Waals surface area (Å²) in [5, 5.41) is 8.58. The predicted octanol–water partition coefficient (Wildman–Crippen LogP) is 1.87. The minimum absolute atomic E-state index is 0.598. The first-order valence-corrected chi connectivity index (χ1v) is 3.72. The third-order valence-electron chi connectivity index (χ3n) is 1.64. The van der Waals surface area contributed by atoms with Crippen molar-refractivity contribution in [2.75, 3.05) is 7.11 Å². The number of carbonyl (C=O) groups is 1. The fourth-order valence-corrected chi connectivity index (χ4v) is 0.988. The molecular weight excluding hydrogens is 215 g/mol. The normalized spacial score (nSPS) is 10.5. The van der Waals surface area contributed by atoms with Crippen molar-refractivity contribution in [3.63, 3.8) is 0 Å². The lowest BCUT2D eigenvalue weighted by Crippen LogP contribution is -2.07. The summed E-state index contributed by atoms with van der Waals surface area (Å²) < 4.78 is 42.0. The van der Waals surface area contributed by atoms with E-state index in [2.05, 4.69) is 9.72 Å². The van der Waals surface area contributed by atoms with Gasteiger partial charge < -0.3 is 9.84 Å². The van der Waals surface area contributed by atoms with Gasteiger partial charge in [0.15, 0.2) is 11.6 Å². The highest BCUT2D eigenvalue weighted by molar-refractivity contribution is 5.90. The molecule has 0 aliphatic rings. The summed E-state index contributed by atoms with van der Waals surface area (Å²) in [7, 11) is 0.986. The molecule has 1 aromatic heterocycles. The lowest BCUT2D eigenvalue weighted by atomic mass is 10.2. The van der Waals surface area contributed by atoms with E-state index >= 15 is 0 Å². The van der Waals surface area contributed by atoms with Gasteiger partial charge in [-0.3, -0.25) is 4.98 Å². The zero-order valence-electron chi connectivity index (χ0n) is 7.50. The maximum absolute atomic E-state index is 13.2. The van der Waals surface area contributed by atoms with Crippen LogP contribution >= 0.6 is 0 Å². The lowest BCUT2D eigenvalue weighted by molar-refractivity contribution is 0.0690. The smallest absolute Gasteiger partial charge is 0.341 e. The summed E-state index contributed by atoms with van der Waals surface area (Å²) in [4.78, 5) is 13.6. The minimum Gasteiger partial charge on any atom is -0.493 e. The van der Waals surface area contributed by atoms with E-state index in [-0.39, 0.29) is 0 Å². The molecule has 0 aliphatic heterocycles. The van der Waals surface area contributed by atoms with Crippen molar-refractivity contribution in [3.8, 4) is 5.75 Å². The topological polar surface area (TPSA) is 59.4 Å². The number of hydrogen-bond donors (Lipinski definition) is 1. The first kappa shape index (κ1) is 11.3.